The van der Waals surface area contributed by atoms with Crippen molar-refractivity contribution in [3.63, 3.8) is 0 Å². The molecule has 2 heterocycles. The maximum Gasteiger partial charge on any atom is 0.287 e. The second-order valence-electron chi connectivity index (χ2n) is 5.75. The molecular formula is C20H17NO5. The van der Waals surface area contributed by atoms with E-state index >= 15 is 0 Å². The first kappa shape index (κ1) is 16.1. The summed E-state index contributed by atoms with van der Waals surface area (Å²) in [5.74, 6) is 2.10. The quantitative estimate of drug-likeness (QED) is 0.736. The van der Waals surface area contributed by atoms with Gasteiger partial charge in [-0.15, -0.1) is 0 Å². The van der Waals surface area contributed by atoms with Crippen molar-refractivity contribution >= 4 is 5.91 Å². The Bertz CT molecular complexity index is 904. The molecule has 1 aromatic heterocycles. The number of nitrogens with one attached hydrogen (secondary N) is 1. The van der Waals surface area contributed by atoms with Gasteiger partial charge in [0.2, 0.25) is 6.79 Å². The van der Waals surface area contributed by atoms with Gasteiger partial charge in [0, 0.05) is 12.1 Å². The average Bonchev–Trinajstić information content (AvgIpc) is 3.34. The van der Waals surface area contributed by atoms with Crippen molar-refractivity contribution in [2.45, 2.75) is 13.2 Å². The Morgan fingerprint density at radius 2 is 1.88 bits per heavy atom. The minimum absolute atomic E-state index is 0.225. The largest absolute Gasteiger partial charge is 0.489 e. The Morgan fingerprint density at radius 3 is 2.77 bits per heavy atom. The molecule has 2 aromatic carbocycles. The molecule has 0 fully saturated rings. The number of fused-ring (bicyclic) bond motifs is 1. The van der Waals surface area contributed by atoms with Crippen molar-refractivity contribution < 1.29 is 23.4 Å². The molecule has 0 unspecified atom stereocenters. The number of ether oxygens (including phenoxy) is 3. The highest BCUT2D eigenvalue weighted by Crippen LogP contribution is 2.32. The van der Waals surface area contributed by atoms with Crippen LogP contribution in [0.4, 0.5) is 0 Å². The molecule has 6 heteroatoms. The van der Waals surface area contributed by atoms with E-state index in [2.05, 4.69) is 5.32 Å². The average molecular weight is 351 g/mol. The minimum atomic E-state index is -0.292. The molecule has 26 heavy (non-hydrogen) atoms. The summed E-state index contributed by atoms with van der Waals surface area (Å²) >= 11 is 0. The predicted octanol–water partition coefficient (Wildman–Crippen LogP) is 3.52. The third kappa shape index (κ3) is 3.49. The standard InChI is InChI=1S/C20H17NO5/c22-20(21-11-14-6-7-17-18(10-14)26-13-25-17)19-15(8-9-23-19)12-24-16-4-2-1-3-5-16/h1-10H,11-13H2,(H,21,22). The molecule has 1 aliphatic rings. The lowest BCUT2D eigenvalue weighted by Gasteiger charge is -2.08. The van der Waals surface area contributed by atoms with E-state index in [0.29, 0.717) is 23.6 Å². The number of rotatable bonds is 6. The van der Waals surface area contributed by atoms with Crippen LogP contribution in [0.15, 0.2) is 65.3 Å². The van der Waals surface area contributed by atoms with E-state index in [9.17, 15) is 4.79 Å². The summed E-state index contributed by atoms with van der Waals surface area (Å²) in [4.78, 5) is 12.4. The number of hydrogen-bond acceptors (Lipinski definition) is 5. The van der Waals surface area contributed by atoms with Gasteiger partial charge in [0.1, 0.15) is 12.4 Å². The van der Waals surface area contributed by atoms with E-state index in [1.165, 1.54) is 6.26 Å². The molecule has 4 rings (SSSR count). The van der Waals surface area contributed by atoms with Crippen molar-refractivity contribution in [2.75, 3.05) is 6.79 Å². The van der Waals surface area contributed by atoms with E-state index in [4.69, 9.17) is 18.6 Å². The molecule has 0 atom stereocenters. The van der Waals surface area contributed by atoms with E-state index in [0.717, 1.165) is 11.3 Å². The van der Waals surface area contributed by atoms with Crippen LogP contribution in [-0.2, 0) is 13.2 Å². The van der Waals surface area contributed by atoms with Gasteiger partial charge in [0.05, 0.1) is 6.26 Å². The van der Waals surface area contributed by atoms with Crippen molar-refractivity contribution in [3.05, 3.63) is 77.7 Å². The zero-order valence-corrected chi connectivity index (χ0v) is 13.9. The first-order valence-electron chi connectivity index (χ1n) is 8.20. The fraction of sp³-hybridized carbons (Fsp3) is 0.150. The van der Waals surface area contributed by atoms with Gasteiger partial charge in [-0.25, -0.2) is 0 Å². The van der Waals surface area contributed by atoms with Gasteiger partial charge < -0.3 is 23.9 Å². The molecule has 0 bridgehead atoms. The number of para-hydroxylation sites is 1. The molecule has 1 aliphatic heterocycles. The van der Waals surface area contributed by atoms with Crippen molar-refractivity contribution in [3.8, 4) is 17.2 Å². The molecular weight excluding hydrogens is 334 g/mol. The van der Waals surface area contributed by atoms with Crippen molar-refractivity contribution in [1.82, 2.24) is 5.32 Å². The molecule has 0 saturated heterocycles. The SMILES string of the molecule is O=C(NCc1ccc2c(c1)OCO2)c1occc1COc1ccccc1. The third-order valence-electron chi connectivity index (χ3n) is 3.98. The van der Waals surface area contributed by atoms with Crippen LogP contribution in [0.25, 0.3) is 0 Å². The lowest BCUT2D eigenvalue weighted by atomic mass is 10.2. The van der Waals surface area contributed by atoms with Gasteiger partial charge >= 0.3 is 0 Å². The normalized spacial score (nSPS) is 12.0. The van der Waals surface area contributed by atoms with E-state index in [1.54, 1.807) is 6.07 Å². The second kappa shape index (κ2) is 7.23. The Hall–Kier alpha value is -3.41. The van der Waals surface area contributed by atoms with Gasteiger partial charge in [-0.3, -0.25) is 4.79 Å². The summed E-state index contributed by atoms with van der Waals surface area (Å²) in [5, 5.41) is 2.85. The zero-order chi connectivity index (χ0) is 17.8. The number of amides is 1. The topological polar surface area (TPSA) is 69.9 Å². The molecule has 132 valence electrons. The Labute approximate surface area is 150 Å². The van der Waals surface area contributed by atoms with Crippen LogP contribution in [0.1, 0.15) is 21.7 Å². The van der Waals surface area contributed by atoms with Gasteiger partial charge in [0.25, 0.3) is 5.91 Å². The van der Waals surface area contributed by atoms with Crippen molar-refractivity contribution in [2.24, 2.45) is 0 Å². The van der Waals surface area contributed by atoms with E-state index in [1.807, 2.05) is 48.5 Å². The van der Waals surface area contributed by atoms with Gasteiger partial charge in [-0.05, 0) is 35.9 Å². The fourth-order valence-corrected chi connectivity index (χ4v) is 2.64. The molecule has 1 N–H and O–H groups in total. The van der Waals surface area contributed by atoms with Crippen LogP contribution in [-0.4, -0.2) is 12.7 Å². The van der Waals surface area contributed by atoms with Crippen LogP contribution in [0.2, 0.25) is 0 Å². The fourth-order valence-electron chi connectivity index (χ4n) is 2.64. The van der Waals surface area contributed by atoms with Crippen LogP contribution in [0.5, 0.6) is 17.2 Å². The summed E-state index contributed by atoms with van der Waals surface area (Å²) < 4.78 is 21.6. The zero-order valence-electron chi connectivity index (χ0n) is 13.9. The maximum atomic E-state index is 12.4. The Kier molecular flexibility index (Phi) is 4.47. The highest BCUT2D eigenvalue weighted by Gasteiger charge is 2.17. The summed E-state index contributed by atoms with van der Waals surface area (Å²) in [6.45, 7) is 0.838. The lowest BCUT2D eigenvalue weighted by Crippen LogP contribution is -2.23. The first-order chi connectivity index (χ1) is 12.8. The second-order valence-corrected chi connectivity index (χ2v) is 5.75. The summed E-state index contributed by atoms with van der Waals surface area (Å²) in [6, 6.07) is 16.7. The summed E-state index contributed by atoms with van der Waals surface area (Å²) in [6.07, 6.45) is 1.49. The number of carbonyl (C=O) groups excluding carboxylic acids is 1. The number of furan rings is 1. The van der Waals surface area contributed by atoms with E-state index < -0.39 is 0 Å². The van der Waals surface area contributed by atoms with Crippen LogP contribution < -0.4 is 19.5 Å². The number of carbonyl (C=O) groups is 1. The molecule has 0 saturated carbocycles. The Morgan fingerprint density at radius 1 is 1.04 bits per heavy atom. The van der Waals surface area contributed by atoms with Gasteiger partial charge in [-0.2, -0.15) is 0 Å². The minimum Gasteiger partial charge on any atom is -0.489 e. The lowest BCUT2D eigenvalue weighted by molar-refractivity contribution is 0.0919. The highest BCUT2D eigenvalue weighted by atomic mass is 16.7. The van der Waals surface area contributed by atoms with Crippen LogP contribution >= 0.6 is 0 Å². The van der Waals surface area contributed by atoms with E-state index in [-0.39, 0.29) is 25.1 Å². The third-order valence-corrected chi connectivity index (χ3v) is 3.98. The van der Waals surface area contributed by atoms with Crippen molar-refractivity contribution in [1.29, 1.82) is 0 Å². The van der Waals surface area contributed by atoms with Crippen LogP contribution in [0, 0.1) is 0 Å². The number of benzene rings is 2. The summed E-state index contributed by atoms with van der Waals surface area (Å²) in [5.41, 5.74) is 1.60. The molecule has 6 nitrogen and oxygen atoms in total. The Balaban J connectivity index is 1.37. The molecule has 0 spiro atoms. The molecule has 0 radical (unpaired) electrons. The first-order valence-corrected chi connectivity index (χ1v) is 8.20. The molecule has 3 aromatic rings. The smallest absolute Gasteiger partial charge is 0.287 e. The monoisotopic (exact) mass is 351 g/mol. The van der Waals surface area contributed by atoms with Gasteiger partial charge in [-0.1, -0.05) is 24.3 Å². The predicted molar refractivity (Wildman–Crippen MR) is 93.2 cm³/mol. The number of hydrogen-bond donors (Lipinski definition) is 1. The molecule has 1 amide bonds. The molecule has 0 aliphatic carbocycles. The summed E-state index contributed by atoms with van der Waals surface area (Å²) in [7, 11) is 0. The van der Waals surface area contributed by atoms with Gasteiger partial charge in [0.15, 0.2) is 17.3 Å². The maximum absolute atomic E-state index is 12.4. The van der Waals surface area contributed by atoms with Crippen LogP contribution in [0.3, 0.4) is 0 Å². The highest BCUT2D eigenvalue weighted by molar-refractivity contribution is 5.92.